The molecule has 2 rings (SSSR count). The molecule has 2 heteroatoms. The van der Waals surface area contributed by atoms with Crippen LogP contribution in [0.25, 0.3) is 11.0 Å². The van der Waals surface area contributed by atoms with Crippen LogP contribution in [0.4, 0.5) is 0 Å². The molecule has 0 spiro atoms. The van der Waals surface area contributed by atoms with Crippen molar-refractivity contribution in [1.29, 1.82) is 0 Å². The zero-order valence-electron chi connectivity index (χ0n) is 9.99. The van der Waals surface area contributed by atoms with Gasteiger partial charge in [0.1, 0.15) is 11.3 Å². The van der Waals surface area contributed by atoms with Crippen molar-refractivity contribution in [1.82, 2.24) is 5.32 Å². The van der Waals surface area contributed by atoms with Crippen LogP contribution in [0.5, 0.6) is 0 Å². The molecule has 0 fully saturated rings. The van der Waals surface area contributed by atoms with Gasteiger partial charge in [-0.15, -0.1) is 0 Å². The lowest BCUT2D eigenvalue weighted by atomic mass is 10.1. The van der Waals surface area contributed by atoms with Gasteiger partial charge in [0.05, 0.1) is 6.54 Å². The monoisotopic (exact) mass is 217 g/mol. The van der Waals surface area contributed by atoms with Crippen LogP contribution in [0.2, 0.25) is 0 Å². The fourth-order valence-corrected chi connectivity index (χ4v) is 1.73. The minimum Gasteiger partial charge on any atom is -0.460 e. The van der Waals surface area contributed by atoms with E-state index in [4.69, 9.17) is 4.42 Å². The van der Waals surface area contributed by atoms with E-state index in [1.165, 1.54) is 11.8 Å². The zero-order valence-corrected chi connectivity index (χ0v) is 9.99. The van der Waals surface area contributed by atoms with Gasteiger partial charge in [0.25, 0.3) is 0 Å². The van der Waals surface area contributed by atoms with E-state index < -0.39 is 0 Å². The summed E-state index contributed by atoms with van der Waals surface area (Å²) in [4.78, 5) is 0. The quantitative estimate of drug-likeness (QED) is 0.774. The summed E-state index contributed by atoms with van der Waals surface area (Å²) < 4.78 is 5.71. The predicted octanol–water partition coefficient (Wildman–Crippen LogP) is 3.57. The maximum Gasteiger partial charge on any atom is 0.134 e. The molecule has 86 valence electrons. The number of benzene rings is 1. The van der Waals surface area contributed by atoms with Crippen molar-refractivity contribution in [2.45, 2.75) is 26.8 Å². The number of furan rings is 1. The molecule has 0 amide bonds. The summed E-state index contributed by atoms with van der Waals surface area (Å²) >= 11 is 0. The first-order valence-corrected chi connectivity index (χ1v) is 5.94. The number of hydrogen-bond acceptors (Lipinski definition) is 2. The van der Waals surface area contributed by atoms with Crippen LogP contribution in [-0.4, -0.2) is 6.54 Å². The molecule has 1 aromatic carbocycles. The molecular formula is C14H19NO. The molecule has 0 radical (unpaired) electrons. The highest BCUT2D eigenvalue weighted by atomic mass is 16.3. The lowest BCUT2D eigenvalue weighted by molar-refractivity contribution is 0.486. The van der Waals surface area contributed by atoms with Gasteiger partial charge < -0.3 is 9.73 Å². The van der Waals surface area contributed by atoms with Crippen molar-refractivity contribution < 1.29 is 4.42 Å². The van der Waals surface area contributed by atoms with E-state index >= 15 is 0 Å². The van der Waals surface area contributed by atoms with E-state index in [0.717, 1.165) is 30.4 Å². The second kappa shape index (κ2) is 5.17. The first kappa shape index (κ1) is 11.2. The van der Waals surface area contributed by atoms with Gasteiger partial charge in [0.2, 0.25) is 0 Å². The fraction of sp³-hybridized carbons (Fsp3) is 0.429. The molecule has 0 unspecified atom stereocenters. The average Bonchev–Trinajstić information content (AvgIpc) is 2.66. The average molecular weight is 217 g/mol. The summed E-state index contributed by atoms with van der Waals surface area (Å²) in [6.45, 7) is 6.35. The van der Waals surface area contributed by atoms with Gasteiger partial charge in [-0.05, 0) is 31.0 Å². The number of fused-ring (bicyclic) bond motifs is 1. The van der Waals surface area contributed by atoms with E-state index in [1.54, 1.807) is 0 Å². The van der Waals surface area contributed by atoms with Gasteiger partial charge in [-0.25, -0.2) is 0 Å². The molecule has 1 aromatic heterocycles. The van der Waals surface area contributed by atoms with Crippen LogP contribution < -0.4 is 5.32 Å². The van der Waals surface area contributed by atoms with Gasteiger partial charge in [-0.2, -0.15) is 0 Å². The fourth-order valence-electron chi connectivity index (χ4n) is 1.73. The zero-order chi connectivity index (χ0) is 11.4. The second-order valence-corrected chi connectivity index (χ2v) is 4.61. The Kier molecular flexibility index (Phi) is 3.62. The first-order valence-electron chi connectivity index (χ1n) is 5.94. The molecule has 0 aliphatic heterocycles. The molecule has 16 heavy (non-hydrogen) atoms. The summed E-state index contributed by atoms with van der Waals surface area (Å²) in [6.07, 6.45) is 1.21. The number of para-hydroxylation sites is 1. The molecule has 0 saturated heterocycles. The van der Waals surface area contributed by atoms with Crippen molar-refractivity contribution in [2.75, 3.05) is 6.54 Å². The van der Waals surface area contributed by atoms with Crippen LogP contribution in [0.3, 0.4) is 0 Å². The van der Waals surface area contributed by atoms with E-state index in [2.05, 4.69) is 31.3 Å². The second-order valence-electron chi connectivity index (χ2n) is 4.61. The maximum atomic E-state index is 5.71. The van der Waals surface area contributed by atoms with E-state index in [0.29, 0.717) is 0 Å². The van der Waals surface area contributed by atoms with E-state index in [-0.39, 0.29) is 0 Å². The highest BCUT2D eigenvalue weighted by molar-refractivity contribution is 5.77. The van der Waals surface area contributed by atoms with Crippen molar-refractivity contribution in [3.05, 3.63) is 36.1 Å². The number of hydrogen-bond donors (Lipinski definition) is 1. The van der Waals surface area contributed by atoms with Gasteiger partial charge >= 0.3 is 0 Å². The van der Waals surface area contributed by atoms with Crippen molar-refractivity contribution >= 4 is 11.0 Å². The molecule has 1 N–H and O–H groups in total. The number of rotatable bonds is 5. The first-order chi connectivity index (χ1) is 7.75. The Hall–Kier alpha value is -1.28. The Bertz CT molecular complexity index is 412. The molecule has 0 atom stereocenters. The Morgan fingerprint density at radius 1 is 1.25 bits per heavy atom. The lowest BCUT2D eigenvalue weighted by Crippen LogP contribution is -2.15. The molecule has 2 aromatic rings. The van der Waals surface area contributed by atoms with Crippen LogP contribution in [0, 0.1) is 5.92 Å². The Balaban J connectivity index is 1.89. The largest absolute Gasteiger partial charge is 0.460 e. The number of nitrogens with one attached hydrogen (secondary N) is 1. The smallest absolute Gasteiger partial charge is 0.134 e. The standard InChI is InChI=1S/C14H19NO/c1-11(2)7-8-15-10-13-9-12-5-3-4-6-14(12)16-13/h3-6,9,11,15H,7-8,10H2,1-2H3. The summed E-state index contributed by atoms with van der Waals surface area (Å²) in [5.41, 5.74) is 0.975. The van der Waals surface area contributed by atoms with Crippen molar-refractivity contribution in [3.63, 3.8) is 0 Å². The van der Waals surface area contributed by atoms with Crippen LogP contribution in [-0.2, 0) is 6.54 Å². The van der Waals surface area contributed by atoms with Crippen LogP contribution in [0.1, 0.15) is 26.0 Å². The SMILES string of the molecule is CC(C)CCNCc1cc2ccccc2o1. The molecule has 1 heterocycles. The minimum atomic E-state index is 0.753. The highest BCUT2D eigenvalue weighted by Gasteiger charge is 2.02. The highest BCUT2D eigenvalue weighted by Crippen LogP contribution is 2.18. The molecule has 0 bridgehead atoms. The molecule has 0 aliphatic carbocycles. The Morgan fingerprint density at radius 2 is 2.06 bits per heavy atom. The summed E-state index contributed by atoms with van der Waals surface area (Å²) in [5, 5.41) is 4.58. The van der Waals surface area contributed by atoms with E-state index in [1.807, 2.05) is 18.2 Å². The molecular weight excluding hydrogens is 198 g/mol. The van der Waals surface area contributed by atoms with Gasteiger partial charge in [-0.3, -0.25) is 0 Å². The topological polar surface area (TPSA) is 25.2 Å². The Morgan fingerprint density at radius 3 is 2.81 bits per heavy atom. The third-order valence-electron chi connectivity index (χ3n) is 2.67. The van der Waals surface area contributed by atoms with Gasteiger partial charge in [-0.1, -0.05) is 32.0 Å². The maximum absolute atomic E-state index is 5.71. The van der Waals surface area contributed by atoms with Crippen molar-refractivity contribution in [2.24, 2.45) is 5.92 Å². The predicted molar refractivity (Wildman–Crippen MR) is 67.4 cm³/mol. The van der Waals surface area contributed by atoms with Crippen LogP contribution >= 0.6 is 0 Å². The summed E-state index contributed by atoms with van der Waals surface area (Å²) in [5.74, 6) is 1.77. The van der Waals surface area contributed by atoms with Crippen LogP contribution in [0.15, 0.2) is 34.7 Å². The molecule has 0 aliphatic rings. The summed E-state index contributed by atoms with van der Waals surface area (Å²) in [6, 6.07) is 10.2. The lowest BCUT2D eigenvalue weighted by Gasteiger charge is -2.04. The minimum absolute atomic E-state index is 0.753. The van der Waals surface area contributed by atoms with Gasteiger partial charge in [0, 0.05) is 5.39 Å². The molecule has 0 saturated carbocycles. The third kappa shape index (κ3) is 2.86. The summed E-state index contributed by atoms with van der Waals surface area (Å²) in [7, 11) is 0. The van der Waals surface area contributed by atoms with E-state index in [9.17, 15) is 0 Å². The molecule has 2 nitrogen and oxygen atoms in total. The van der Waals surface area contributed by atoms with Crippen molar-refractivity contribution in [3.8, 4) is 0 Å². The third-order valence-corrected chi connectivity index (χ3v) is 2.67. The van der Waals surface area contributed by atoms with Gasteiger partial charge in [0.15, 0.2) is 0 Å². The Labute approximate surface area is 96.6 Å². The normalized spacial score (nSPS) is 11.4.